The average Bonchev–Trinajstić information content (AvgIpc) is 3.67. The molecular weight excluding hydrogens is 790 g/mol. The van der Waals surface area contributed by atoms with Gasteiger partial charge in [0.05, 0.1) is 17.9 Å². The molecule has 2 aliphatic rings. The largest absolute Gasteiger partial charge is 0.416 e. The fourth-order valence-electron chi connectivity index (χ4n) is 7.84. The lowest BCUT2D eigenvalue weighted by Crippen LogP contribution is -2.47. The lowest BCUT2D eigenvalue weighted by Gasteiger charge is -2.32. The lowest BCUT2D eigenvalue weighted by molar-refractivity contribution is -0.138. The molecule has 2 fully saturated rings. The van der Waals surface area contributed by atoms with Gasteiger partial charge in [-0.2, -0.15) is 18.3 Å². The van der Waals surface area contributed by atoms with E-state index in [0.29, 0.717) is 36.6 Å². The molecule has 5 amide bonds. The van der Waals surface area contributed by atoms with Gasteiger partial charge in [-0.3, -0.25) is 25.0 Å². The summed E-state index contributed by atoms with van der Waals surface area (Å²) < 4.78 is 47.5. The number of methoxy groups -OCH3 is 1. The predicted molar refractivity (Wildman–Crippen MR) is 226 cm³/mol. The fourth-order valence-corrected chi connectivity index (χ4v) is 7.84. The van der Waals surface area contributed by atoms with E-state index >= 15 is 0 Å². The number of carbonyl (C=O) groups excluding carboxylic acids is 4. The summed E-state index contributed by atoms with van der Waals surface area (Å²) in [6.07, 6.45) is 4.76. The minimum atomic E-state index is -4.60. The van der Waals surface area contributed by atoms with Crippen LogP contribution >= 0.6 is 0 Å². The summed E-state index contributed by atoms with van der Waals surface area (Å²) in [6.45, 7) is 3.44. The summed E-state index contributed by atoms with van der Waals surface area (Å²) in [5.41, 5.74) is 2.46. The van der Waals surface area contributed by atoms with E-state index in [9.17, 15) is 32.3 Å². The average molecular weight is 845 g/mol. The number of unbranched alkanes of at least 4 members (excludes halogenated alkanes) is 5. The molecule has 4 aromatic rings. The van der Waals surface area contributed by atoms with Crippen molar-refractivity contribution in [3.05, 3.63) is 107 Å². The summed E-state index contributed by atoms with van der Waals surface area (Å²) in [5.74, 6) is -0.184. The number of amides is 5. The maximum atomic E-state index is 13.7. The van der Waals surface area contributed by atoms with Gasteiger partial charge in [-0.25, -0.2) is 9.48 Å². The van der Waals surface area contributed by atoms with Gasteiger partial charge in [0.2, 0.25) is 11.8 Å². The standard InChI is InChI=1S/C45H55F3N8O5/c1-61-30-31-13-18-37(45(46,47)48)34(27-31)29-50-44(60)52-40-28-39(54-56(40)36-11-7-6-8-12-36)42(58)49-23-9-4-2-3-5-10-24-55-25-21-33(22-26-55)32-14-16-35(17-15-32)51-38-19-20-41(57)53-43(38)59/h6-8,11-18,27-28,33,38,51H,2-5,9-10,19-26,29-30H2,1H3,(H,49,58)(H2,50,52,60)(H,53,57,59). The molecule has 13 nitrogen and oxygen atoms in total. The number of ether oxygens (including phenoxy) is 1. The van der Waals surface area contributed by atoms with Gasteiger partial charge in [-0.05, 0) is 105 Å². The minimum absolute atomic E-state index is 0.0899. The van der Waals surface area contributed by atoms with Gasteiger partial charge in [0.25, 0.3) is 5.91 Å². The number of nitrogens with zero attached hydrogens (tertiary/aromatic N) is 3. The highest BCUT2D eigenvalue weighted by molar-refractivity contribution is 6.01. The third-order valence-corrected chi connectivity index (χ3v) is 11.1. The van der Waals surface area contributed by atoms with E-state index in [0.717, 1.165) is 82.8 Å². The number of imide groups is 1. The van der Waals surface area contributed by atoms with Crippen molar-refractivity contribution in [1.82, 2.24) is 30.6 Å². The van der Waals surface area contributed by atoms with Crippen LogP contribution in [-0.4, -0.2) is 77.8 Å². The van der Waals surface area contributed by atoms with Crippen molar-refractivity contribution < 1.29 is 37.1 Å². The van der Waals surface area contributed by atoms with E-state index in [4.69, 9.17) is 4.74 Å². The molecule has 61 heavy (non-hydrogen) atoms. The molecule has 0 saturated carbocycles. The topological polar surface area (TPSA) is 159 Å². The molecule has 0 spiro atoms. The van der Waals surface area contributed by atoms with Gasteiger partial charge < -0.3 is 25.6 Å². The van der Waals surface area contributed by atoms with Crippen LogP contribution in [0, 0.1) is 0 Å². The van der Waals surface area contributed by atoms with Crippen LogP contribution in [0.25, 0.3) is 5.69 Å². The monoisotopic (exact) mass is 844 g/mol. The van der Waals surface area contributed by atoms with Gasteiger partial charge in [0.15, 0.2) is 5.69 Å². The van der Waals surface area contributed by atoms with Crippen LogP contribution in [0.4, 0.5) is 29.5 Å². The normalized spacial score (nSPS) is 16.2. The van der Waals surface area contributed by atoms with E-state index in [1.807, 2.05) is 18.2 Å². The first-order chi connectivity index (χ1) is 29.5. The molecule has 0 aliphatic carbocycles. The zero-order valence-corrected chi connectivity index (χ0v) is 34.5. The molecule has 1 atom stereocenters. The zero-order chi connectivity index (χ0) is 43.2. The molecule has 1 aromatic heterocycles. The molecule has 3 heterocycles. The van der Waals surface area contributed by atoms with Crippen LogP contribution in [-0.2, 0) is 33.7 Å². The molecule has 2 saturated heterocycles. The van der Waals surface area contributed by atoms with Crippen molar-refractivity contribution in [3.63, 3.8) is 0 Å². The molecule has 5 N–H and O–H groups in total. The number of urea groups is 1. The summed E-state index contributed by atoms with van der Waals surface area (Å²) >= 11 is 0. The zero-order valence-electron chi connectivity index (χ0n) is 34.5. The highest BCUT2D eigenvalue weighted by Gasteiger charge is 2.33. The van der Waals surface area contributed by atoms with Crippen molar-refractivity contribution in [2.24, 2.45) is 0 Å². The van der Waals surface area contributed by atoms with Crippen LogP contribution in [0.1, 0.15) is 103 Å². The summed E-state index contributed by atoms with van der Waals surface area (Å²) in [5, 5.41) is 18.1. The Balaban J connectivity index is 0.871. The number of rotatable bonds is 19. The Hall–Kier alpha value is -5.74. The molecular formula is C45H55F3N8O5. The number of piperidine rings is 2. The Bertz CT molecular complexity index is 2090. The number of likely N-dealkylation sites (tertiary alicyclic amines) is 1. The first-order valence-corrected chi connectivity index (χ1v) is 21.1. The van der Waals surface area contributed by atoms with E-state index in [-0.39, 0.29) is 41.5 Å². The van der Waals surface area contributed by atoms with Crippen molar-refractivity contribution >= 4 is 35.3 Å². The van der Waals surface area contributed by atoms with Crippen LogP contribution < -0.4 is 26.6 Å². The van der Waals surface area contributed by atoms with E-state index in [1.54, 1.807) is 24.3 Å². The van der Waals surface area contributed by atoms with Gasteiger partial charge in [0.1, 0.15) is 11.9 Å². The number of para-hydroxylation sites is 1. The number of nitrogens with one attached hydrogen (secondary N) is 5. The fraction of sp³-hybridized carbons (Fsp3) is 0.444. The number of alkyl halides is 3. The number of anilines is 2. The Morgan fingerprint density at radius 2 is 1.59 bits per heavy atom. The van der Waals surface area contributed by atoms with Crippen LogP contribution in [0.5, 0.6) is 0 Å². The van der Waals surface area contributed by atoms with Crippen molar-refractivity contribution in [2.75, 3.05) is 43.9 Å². The quantitative estimate of drug-likeness (QED) is 0.0479. The Kier molecular flexibility index (Phi) is 15.9. The molecule has 0 radical (unpaired) electrons. The summed E-state index contributed by atoms with van der Waals surface area (Å²) in [4.78, 5) is 52.1. The van der Waals surface area contributed by atoms with Crippen LogP contribution in [0.15, 0.2) is 78.9 Å². The predicted octanol–water partition coefficient (Wildman–Crippen LogP) is 7.53. The molecule has 0 bridgehead atoms. The molecule has 1 unspecified atom stereocenters. The molecule has 2 aliphatic heterocycles. The van der Waals surface area contributed by atoms with E-state index in [1.165, 1.54) is 35.6 Å². The number of benzene rings is 3. The van der Waals surface area contributed by atoms with Crippen LogP contribution in [0.2, 0.25) is 0 Å². The first kappa shape index (κ1) is 44.8. The maximum absolute atomic E-state index is 13.7. The molecule has 16 heteroatoms. The Labute approximate surface area is 354 Å². The second-order valence-corrected chi connectivity index (χ2v) is 15.7. The summed E-state index contributed by atoms with van der Waals surface area (Å²) in [7, 11) is 1.45. The number of hydrogen-bond acceptors (Lipinski definition) is 8. The number of carbonyl (C=O) groups is 4. The van der Waals surface area contributed by atoms with Gasteiger partial charge in [0, 0.05) is 38.4 Å². The molecule has 6 rings (SSSR count). The maximum Gasteiger partial charge on any atom is 0.416 e. The summed E-state index contributed by atoms with van der Waals surface area (Å²) in [6, 6.07) is 21.2. The van der Waals surface area contributed by atoms with Crippen molar-refractivity contribution in [2.45, 2.75) is 95.5 Å². The van der Waals surface area contributed by atoms with E-state index < -0.39 is 30.2 Å². The number of hydrogen-bond donors (Lipinski definition) is 5. The second kappa shape index (κ2) is 21.7. The SMILES string of the molecule is COCc1ccc(C(F)(F)F)c(CNC(=O)Nc2cc(C(=O)NCCCCCCCCN3CCC(c4ccc(NC5CCC(=O)NC5=O)cc4)CC3)nn2-c2ccccc2)c1. The molecule has 326 valence electrons. The Morgan fingerprint density at radius 1 is 0.869 bits per heavy atom. The highest BCUT2D eigenvalue weighted by Crippen LogP contribution is 2.33. The van der Waals surface area contributed by atoms with Gasteiger partial charge in [-0.1, -0.05) is 68.1 Å². The van der Waals surface area contributed by atoms with Crippen LogP contribution in [0.3, 0.4) is 0 Å². The second-order valence-electron chi connectivity index (χ2n) is 15.7. The van der Waals surface area contributed by atoms with Gasteiger partial charge >= 0.3 is 12.2 Å². The van der Waals surface area contributed by atoms with Crippen molar-refractivity contribution in [1.29, 1.82) is 0 Å². The third kappa shape index (κ3) is 13.1. The third-order valence-electron chi connectivity index (χ3n) is 11.1. The number of aromatic nitrogens is 2. The number of halogens is 3. The smallest absolute Gasteiger partial charge is 0.380 e. The van der Waals surface area contributed by atoms with E-state index in [2.05, 4.69) is 48.7 Å². The highest BCUT2D eigenvalue weighted by atomic mass is 19.4. The Morgan fingerprint density at radius 3 is 2.30 bits per heavy atom. The van der Waals surface area contributed by atoms with Crippen molar-refractivity contribution in [3.8, 4) is 5.69 Å². The molecule has 3 aromatic carbocycles. The minimum Gasteiger partial charge on any atom is -0.380 e. The lowest BCUT2D eigenvalue weighted by atomic mass is 9.89. The first-order valence-electron chi connectivity index (χ1n) is 21.1. The van der Waals surface area contributed by atoms with Gasteiger partial charge in [-0.15, -0.1) is 0 Å².